The molecule has 1 fully saturated rings. The van der Waals surface area contributed by atoms with Gasteiger partial charge in [-0.05, 0) is 49.4 Å². The molecule has 222 valence electrons. The van der Waals surface area contributed by atoms with E-state index in [2.05, 4.69) is 0 Å². The zero-order valence-corrected chi connectivity index (χ0v) is 21.6. The summed E-state index contributed by atoms with van der Waals surface area (Å²) < 4.78 is 90.3. The van der Waals surface area contributed by atoms with E-state index in [1.54, 1.807) is 0 Å². The molecule has 1 aliphatic heterocycles. The third kappa shape index (κ3) is 6.98. The van der Waals surface area contributed by atoms with Gasteiger partial charge in [-0.25, -0.2) is 17.6 Å². The fraction of sp³-hybridized carbons (Fsp3) is 0.375. The van der Waals surface area contributed by atoms with Crippen LogP contribution in [0.5, 0.6) is 0 Å². The second kappa shape index (κ2) is 11.7. The molecule has 0 aliphatic carbocycles. The number of amides is 1. The molecule has 0 spiro atoms. The van der Waals surface area contributed by atoms with Crippen LogP contribution >= 0.6 is 0 Å². The molecule has 6 atom stereocenters. The van der Waals surface area contributed by atoms with Gasteiger partial charge in [0.15, 0.2) is 27.8 Å². The van der Waals surface area contributed by atoms with E-state index in [1.807, 2.05) is 5.32 Å². The highest BCUT2D eigenvalue weighted by Crippen LogP contribution is 2.34. The summed E-state index contributed by atoms with van der Waals surface area (Å²) in [6, 6.07) is 6.70. The number of carbonyl (C=O) groups excluding carboxylic acids is 1. The number of alkyl halides is 3. The zero-order chi connectivity index (χ0) is 30.9. The quantitative estimate of drug-likeness (QED) is 0.210. The van der Waals surface area contributed by atoms with Crippen molar-refractivity contribution in [2.24, 2.45) is 0 Å². The highest BCUT2D eigenvalue weighted by molar-refractivity contribution is 7.91. The number of carboxylic acid groups (broad SMARTS) is 1. The van der Waals surface area contributed by atoms with Gasteiger partial charge in [-0.1, -0.05) is 0 Å². The zero-order valence-electron chi connectivity index (χ0n) is 20.7. The van der Waals surface area contributed by atoms with Gasteiger partial charge in [0.2, 0.25) is 0 Å². The van der Waals surface area contributed by atoms with Crippen LogP contribution in [0.2, 0.25) is 0 Å². The molecule has 12 nitrogen and oxygen atoms in total. The van der Waals surface area contributed by atoms with E-state index in [4.69, 9.17) is 14.7 Å². The summed E-state index contributed by atoms with van der Waals surface area (Å²) in [5.74, 6) is -5.38. The number of benzene rings is 2. The van der Waals surface area contributed by atoms with Crippen LogP contribution in [0.25, 0.3) is 0 Å². The number of nitrogens with zero attached hydrogens (tertiary/aromatic N) is 1. The van der Waals surface area contributed by atoms with Crippen molar-refractivity contribution in [3.05, 3.63) is 59.4 Å². The van der Waals surface area contributed by atoms with E-state index in [-0.39, 0.29) is 0 Å². The molecule has 1 saturated heterocycles. The Kier molecular flexibility index (Phi) is 9.08. The molecule has 17 heteroatoms. The van der Waals surface area contributed by atoms with E-state index >= 15 is 0 Å². The van der Waals surface area contributed by atoms with Gasteiger partial charge in [-0.15, -0.1) is 0 Å². The number of nitrogens with one attached hydrogen (secondary N) is 1. The van der Waals surface area contributed by atoms with Crippen molar-refractivity contribution in [3.63, 3.8) is 0 Å². The van der Waals surface area contributed by atoms with Gasteiger partial charge in [0.05, 0.1) is 27.8 Å². The van der Waals surface area contributed by atoms with E-state index in [0.29, 0.717) is 6.07 Å². The van der Waals surface area contributed by atoms with Crippen LogP contribution in [0.4, 0.5) is 23.2 Å². The summed E-state index contributed by atoms with van der Waals surface area (Å²) in [6.45, 7) is 0.820. The Labute approximate surface area is 229 Å². The van der Waals surface area contributed by atoms with Crippen LogP contribution in [-0.2, 0) is 35.1 Å². The minimum Gasteiger partial charge on any atom is -0.479 e. The van der Waals surface area contributed by atoms with Crippen LogP contribution in [0.3, 0.4) is 0 Å². The van der Waals surface area contributed by atoms with Crippen LogP contribution in [0.1, 0.15) is 18.1 Å². The number of rotatable bonds is 8. The van der Waals surface area contributed by atoms with Crippen molar-refractivity contribution in [3.8, 4) is 6.07 Å². The van der Waals surface area contributed by atoms with Gasteiger partial charge in [-0.2, -0.15) is 18.4 Å². The molecule has 1 amide bonds. The van der Waals surface area contributed by atoms with Gasteiger partial charge in [0, 0.05) is 5.69 Å². The molecule has 0 saturated carbocycles. The molecule has 1 aliphatic rings. The molecule has 0 aromatic heterocycles. The Morgan fingerprint density at radius 1 is 1.07 bits per heavy atom. The Morgan fingerprint density at radius 3 is 2.22 bits per heavy atom. The number of carboxylic acids is 1. The number of ether oxygens (including phenoxy) is 2. The molecular formula is C24H22F4N2O10S. The van der Waals surface area contributed by atoms with E-state index in [0.717, 1.165) is 43.3 Å². The molecule has 5 N–H and O–H groups in total. The first-order chi connectivity index (χ1) is 18.9. The lowest BCUT2D eigenvalue weighted by atomic mass is 9.98. The number of aliphatic hydroxyl groups is 3. The van der Waals surface area contributed by atoms with Gasteiger partial charge in [0.25, 0.3) is 5.91 Å². The predicted molar refractivity (Wildman–Crippen MR) is 127 cm³/mol. The molecular weight excluding hydrogens is 584 g/mol. The van der Waals surface area contributed by atoms with Crippen LogP contribution in [-0.4, -0.2) is 82.8 Å². The van der Waals surface area contributed by atoms with Crippen molar-refractivity contribution in [1.82, 2.24) is 0 Å². The molecule has 3 rings (SSSR count). The number of carbonyl (C=O) groups is 2. The van der Waals surface area contributed by atoms with E-state index < -0.39 is 97.5 Å². The van der Waals surface area contributed by atoms with E-state index in [9.17, 15) is 56.0 Å². The van der Waals surface area contributed by atoms with Crippen LogP contribution in [0, 0.1) is 17.1 Å². The monoisotopic (exact) mass is 606 g/mol. The van der Waals surface area contributed by atoms with Crippen molar-refractivity contribution >= 4 is 27.4 Å². The normalized spacial score (nSPS) is 24.6. The smallest absolute Gasteiger partial charge is 0.417 e. The Balaban J connectivity index is 2.03. The number of aliphatic hydroxyl groups excluding tert-OH is 3. The maximum absolute atomic E-state index is 13.4. The van der Waals surface area contributed by atoms with Gasteiger partial charge in [-0.3, -0.25) is 4.79 Å². The third-order valence-electron chi connectivity index (χ3n) is 6.01. The van der Waals surface area contributed by atoms with Crippen LogP contribution in [0.15, 0.2) is 47.4 Å². The average Bonchev–Trinajstić information content (AvgIpc) is 2.88. The number of anilines is 1. The minimum atomic E-state index is -5.01. The number of hydrogen-bond acceptors (Lipinski definition) is 10. The number of hydrogen-bond donors (Lipinski definition) is 5. The summed E-state index contributed by atoms with van der Waals surface area (Å²) in [5, 5.41) is 50.6. The predicted octanol–water partition coefficient (Wildman–Crippen LogP) is 0.796. The van der Waals surface area contributed by atoms with Crippen molar-refractivity contribution in [1.29, 1.82) is 5.26 Å². The van der Waals surface area contributed by atoms with E-state index in [1.165, 1.54) is 6.07 Å². The van der Waals surface area contributed by atoms with Gasteiger partial charge >= 0.3 is 12.1 Å². The molecule has 2 aromatic carbocycles. The fourth-order valence-corrected chi connectivity index (χ4v) is 5.51. The molecule has 0 bridgehead atoms. The average molecular weight is 607 g/mol. The maximum atomic E-state index is 13.4. The topological polar surface area (TPSA) is 203 Å². The lowest BCUT2D eigenvalue weighted by molar-refractivity contribution is -0.311. The lowest BCUT2D eigenvalue weighted by Crippen LogP contribution is -2.63. The van der Waals surface area contributed by atoms with Crippen molar-refractivity contribution in [2.45, 2.75) is 54.3 Å². The Bertz CT molecular complexity index is 1460. The minimum absolute atomic E-state index is 0.401. The van der Waals surface area contributed by atoms with Crippen molar-refractivity contribution in [2.75, 3.05) is 11.1 Å². The molecule has 0 radical (unpaired) electrons. The third-order valence-corrected chi connectivity index (χ3v) is 7.93. The summed E-state index contributed by atoms with van der Waals surface area (Å²) >= 11 is 0. The summed E-state index contributed by atoms with van der Waals surface area (Å²) in [7, 11) is -4.58. The number of nitriles is 1. The van der Waals surface area contributed by atoms with Gasteiger partial charge in [0.1, 0.15) is 24.1 Å². The SMILES string of the molecule is C[C@@](CS(=O)(=O)c1ccc(F)cc1)(O[C@@H]1O[C@H](C(=O)O)[C@@H](O)[C@H](O)[C@H]1O)C(=O)Nc1ccc(C#N)c(C(F)(F)F)c1. The highest BCUT2D eigenvalue weighted by Gasteiger charge is 2.52. The second-order valence-corrected chi connectivity index (χ2v) is 11.1. The maximum Gasteiger partial charge on any atom is 0.417 e. The largest absolute Gasteiger partial charge is 0.479 e. The molecule has 1 heterocycles. The van der Waals surface area contributed by atoms with Gasteiger partial charge < -0.3 is 35.2 Å². The summed E-state index contributed by atoms with van der Waals surface area (Å²) in [4.78, 5) is 24.3. The summed E-state index contributed by atoms with van der Waals surface area (Å²) in [5.41, 5.74) is -5.46. The molecule has 2 aromatic rings. The molecule has 41 heavy (non-hydrogen) atoms. The first kappa shape index (κ1) is 31.9. The second-order valence-electron chi connectivity index (χ2n) is 9.12. The first-order valence-corrected chi connectivity index (χ1v) is 13.1. The Hall–Kier alpha value is -3.66. The standard InChI is InChI=1S/C24H22F4N2O10S/c1-23(10-41(37,38)14-6-3-12(25)4-7-14,40-21-18(33)16(31)17(32)19(39-21)20(34)35)22(36)30-13-5-2-11(9-29)15(8-13)24(26,27)28/h2-8,16-19,21,31-33H,10H2,1H3,(H,30,36)(H,34,35)/t16-,17-,18+,19-,21-,23-/m0/s1. The van der Waals surface area contributed by atoms with Crippen LogP contribution < -0.4 is 5.32 Å². The molecule has 0 unspecified atom stereocenters. The fourth-order valence-electron chi connectivity index (χ4n) is 3.86. The summed E-state index contributed by atoms with van der Waals surface area (Å²) in [6.07, 6.45) is -16.1. The Morgan fingerprint density at radius 2 is 1.68 bits per heavy atom. The number of aliphatic carboxylic acids is 1. The first-order valence-electron chi connectivity index (χ1n) is 11.4. The lowest BCUT2D eigenvalue weighted by Gasteiger charge is -2.42. The number of sulfone groups is 1. The highest BCUT2D eigenvalue weighted by atomic mass is 32.2. The number of halogens is 4. The van der Waals surface area contributed by atoms with Crippen molar-refractivity contribution < 1.29 is 65.5 Å².